The summed E-state index contributed by atoms with van der Waals surface area (Å²) in [5.74, 6) is -0.267. The smallest absolute Gasteiger partial charge is 0.255 e. The number of carbonyl (C=O) groups is 1. The van der Waals surface area contributed by atoms with E-state index < -0.39 is 0 Å². The van der Waals surface area contributed by atoms with Gasteiger partial charge in [-0.05, 0) is 19.1 Å². The summed E-state index contributed by atoms with van der Waals surface area (Å²) in [7, 11) is 0. The first-order valence-electron chi connectivity index (χ1n) is 5.10. The molecular weight excluding hydrogens is 242 g/mol. The van der Waals surface area contributed by atoms with Gasteiger partial charge >= 0.3 is 0 Å². The molecule has 0 aromatic heterocycles. The summed E-state index contributed by atoms with van der Waals surface area (Å²) in [6, 6.07) is 6.76. The van der Waals surface area contributed by atoms with E-state index in [2.05, 4.69) is 5.16 Å². The molecule has 1 aromatic carbocycles. The lowest BCUT2D eigenvalue weighted by molar-refractivity contribution is 0.0786. The minimum atomic E-state index is -0.246. The lowest BCUT2D eigenvalue weighted by Gasteiger charge is -2.20. The Bertz CT molecular complexity index is 434. The maximum absolute atomic E-state index is 12.1. The van der Waals surface area contributed by atoms with Crippen LogP contribution in [0.3, 0.4) is 0 Å². The van der Waals surface area contributed by atoms with Crippen molar-refractivity contribution in [3.05, 3.63) is 34.9 Å². The number of hydrogen-bond acceptors (Lipinski definition) is 3. The molecule has 1 amide bonds. The molecule has 0 spiro atoms. The van der Waals surface area contributed by atoms with Gasteiger partial charge in [-0.25, -0.2) is 0 Å². The van der Waals surface area contributed by atoms with Crippen LogP contribution >= 0.6 is 11.6 Å². The summed E-state index contributed by atoms with van der Waals surface area (Å²) in [4.78, 5) is 13.5. The molecule has 0 saturated heterocycles. The van der Waals surface area contributed by atoms with E-state index in [9.17, 15) is 4.79 Å². The number of benzene rings is 1. The van der Waals surface area contributed by atoms with Crippen LogP contribution in [0.4, 0.5) is 0 Å². The van der Waals surface area contributed by atoms with Gasteiger partial charge in [0.1, 0.15) is 0 Å². The Hall–Kier alpha value is -1.75. The molecule has 17 heavy (non-hydrogen) atoms. The normalized spacial score (nSPS) is 11.3. The number of likely N-dealkylation sites (N-methyl/N-ethyl adjacent to an activating group) is 1. The van der Waals surface area contributed by atoms with Crippen LogP contribution in [0.5, 0.6) is 0 Å². The second kappa shape index (κ2) is 6.10. The van der Waals surface area contributed by atoms with Crippen LogP contribution in [0, 0.1) is 0 Å². The zero-order valence-electron chi connectivity index (χ0n) is 9.43. The molecule has 0 aliphatic carbocycles. The van der Waals surface area contributed by atoms with Crippen LogP contribution in [0.25, 0.3) is 0 Å². The Morgan fingerprint density at radius 2 is 2.18 bits per heavy atom. The van der Waals surface area contributed by atoms with E-state index in [0.717, 1.165) is 0 Å². The maximum atomic E-state index is 12.1. The number of rotatable bonds is 4. The zero-order valence-corrected chi connectivity index (χ0v) is 10.2. The van der Waals surface area contributed by atoms with Gasteiger partial charge in [-0.15, -0.1) is 0 Å². The third kappa shape index (κ3) is 3.35. The lowest BCUT2D eigenvalue weighted by atomic mass is 10.2. The Labute approximate surface area is 104 Å². The van der Waals surface area contributed by atoms with Crippen molar-refractivity contribution in [2.45, 2.75) is 6.92 Å². The fraction of sp³-hybridized carbons (Fsp3) is 0.273. The molecule has 5 nitrogen and oxygen atoms in total. The first-order valence-corrected chi connectivity index (χ1v) is 5.48. The van der Waals surface area contributed by atoms with E-state index in [-0.39, 0.29) is 18.3 Å². The molecule has 0 aliphatic rings. The van der Waals surface area contributed by atoms with Crippen LogP contribution in [0.2, 0.25) is 5.02 Å². The quantitative estimate of drug-likeness (QED) is 0.371. The summed E-state index contributed by atoms with van der Waals surface area (Å²) in [5, 5.41) is 11.7. The number of hydrogen-bond donors (Lipinski definition) is 2. The molecule has 6 heteroatoms. The first kappa shape index (κ1) is 13.3. The van der Waals surface area contributed by atoms with E-state index in [1.165, 1.54) is 4.90 Å². The molecule has 0 heterocycles. The number of amidine groups is 1. The first-order chi connectivity index (χ1) is 8.10. The van der Waals surface area contributed by atoms with Crippen molar-refractivity contribution in [2.24, 2.45) is 10.9 Å². The number of halogens is 1. The molecule has 3 N–H and O–H groups in total. The summed E-state index contributed by atoms with van der Waals surface area (Å²) >= 11 is 5.93. The fourth-order valence-electron chi connectivity index (χ4n) is 1.36. The van der Waals surface area contributed by atoms with Crippen molar-refractivity contribution in [1.29, 1.82) is 0 Å². The number of nitrogens with two attached hydrogens (primary N) is 1. The second-order valence-electron chi connectivity index (χ2n) is 3.39. The Morgan fingerprint density at radius 1 is 1.53 bits per heavy atom. The van der Waals surface area contributed by atoms with E-state index in [0.29, 0.717) is 17.1 Å². The number of nitrogens with zero attached hydrogens (tertiary/aromatic N) is 2. The predicted molar refractivity (Wildman–Crippen MR) is 66.4 cm³/mol. The van der Waals surface area contributed by atoms with Crippen LogP contribution < -0.4 is 5.73 Å². The van der Waals surface area contributed by atoms with Crippen LogP contribution in [-0.4, -0.2) is 34.9 Å². The second-order valence-corrected chi connectivity index (χ2v) is 3.80. The predicted octanol–water partition coefficient (Wildman–Crippen LogP) is 1.55. The third-order valence-corrected chi connectivity index (χ3v) is 2.58. The maximum Gasteiger partial charge on any atom is 0.255 e. The van der Waals surface area contributed by atoms with Gasteiger partial charge in [0.2, 0.25) is 0 Å². The Kier molecular flexibility index (Phi) is 4.78. The minimum Gasteiger partial charge on any atom is -0.409 e. The molecule has 0 atom stereocenters. The van der Waals surface area contributed by atoms with Crippen molar-refractivity contribution in [3.63, 3.8) is 0 Å². The van der Waals surface area contributed by atoms with E-state index in [1.807, 2.05) is 0 Å². The van der Waals surface area contributed by atoms with Gasteiger partial charge in [0, 0.05) is 6.54 Å². The van der Waals surface area contributed by atoms with Crippen LogP contribution in [0.15, 0.2) is 29.4 Å². The standard InChI is InChI=1S/C11H14ClN3O2/c1-2-15(7-10(13)14-17)11(16)8-5-3-4-6-9(8)12/h3-6,17H,2,7H2,1H3,(H2,13,14). The molecule has 0 radical (unpaired) electrons. The molecule has 0 unspecified atom stereocenters. The van der Waals surface area contributed by atoms with Gasteiger partial charge in [0.25, 0.3) is 5.91 Å². The van der Waals surface area contributed by atoms with Crippen molar-refractivity contribution >= 4 is 23.3 Å². The zero-order chi connectivity index (χ0) is 12.8. The van der Waals surface area contributed by atoms with Crippen molar-refractivity contribution < 1.29 is 10.0 Å². The number of oxime groups is 1. The number of carbonyl (C=O) groups excluding carboxylic acids is 1. The highest BCUT2D eigenvalue weighted by atomic mass is 35.5. The summed E-state index contributed by atoms with van der Waals surface area (Å²) < 4.78 is 0. The fourth-order valence-corrected chi connectivity index (χ4v) is 1.58. The monoisotopic (exact) mass is 255 g/mol. The van der Waals surface area contributed by atoms with Crippen LogP contribution in [0.1, 0.15) is 17.3 Å². The molecular formula is C11H14ClN3O2. The lowest BCUT2D eigenvalue weighted by Crippen LogP contribution is -2.38. The van der Waals surface area contributed by atoms with Gasteiger partial charge in [0.15, 0.2) is 5.84 Å². The van der Waals surface area contributed by atoms with Gasteiger partial charge < -0.3 is 15.8 Å². The SMILES string of the molecule is CCN(CC(N)=NO)C(=O)c1ccccc1Cl. The highest BCUT2D eigenvalue weighted by molar-refractivity contribution is 6.33. The minimum absolute atomic E-state index is 0.0211. The van der Waals surface area contributed by atoms with Gasteiger partial charge in [-0.2, -0.15) is 0 Å². The highest BCUT2D eigenvalue weighted by Crippen LogP contribution is 2.16. The van der Waals surface area contributed by atoms with Crippen molar-refractivity contribution in [1.82, 2.24) is 4.90 Å². The molecule has 0 aliphatic heterocycles. The molecule has 1 rings (SSSR count). The third-order valence-electron chi connectivity index (χ3n) is 2.25. The van der Waals surface area contributed by atoms with E-state index >= 15 is 0 Å². The van der Waals surface area contributed by atoms with Gasteiger partial charge in [-0.1, -0.05) is 28.9 Å². The topological polar surface area (TPSA) is 78.9 Å². The summed E-state index contributed by atoms with van der Waals surface area (Å²) in [5.41, 5.74) is 5.78. The Balaban J connectivity index is 2.91. The molecule has 92 valence electrons. The molecule has 0 saturated carbocycles. The average molecular weight is 256 g/mol. The highest BCUT2D eigenvalue weighted by Gasteiger charge is 2.17. The van der Waals surface area contributed by atoms with Crippen molar-refractivity contribution in [3.8, 4) is 0 Å². The van der Waals surface area contributed by atoms with Crippen LogP contribution in [-0.2, 0) is 0 Å². The summed E-state index contributed by atoms with van der Waals surface area (Å²) in [6.07, 6.45) is 0. The average Bonchev–Trinajstić information content (AvgIpc) is 2.35. The number of amides is 1. The van der Waals surface area contributed by atoms with E-state index in [1.54, 1.807) is 31.2 Å². The molecule has 0 fully saturated rings. The summed E-state index contributed by atoms with van der Waals surface area (Å²) in [6.45, 7) is 2.32. The van der Waals surface area contributed by atoms with Gasteiger partial charge in [0.05, 0.1) is 17.1 Å². The molecule has 1 aromatic rings. The molecule has 0 bridgehead atoms. The van der Waals surface area contributed by atoms with E-state index in [4.69, 9.17) is 22.5 Å². The largest absolute Gasteiger partial charge is 0.409 e. The Morgan fingerprint density at radius 3 is 2.71 bits per heavy atom. The van der Waals surface area contributed by atoms with Gasteiger partial charge in [-0.3, -0.25) is 4.79 Å². The van der Waals surface area contributed by atoms with Crippen molar-refractivity contribution in [2.75, 3.05) is 13.1 Å².